The zero-order chi connectivity index (χ0) is 21.7. The predicted molar refractivity (Wildman–Crippen MR) is 99.8 cm³/mol. The minimum Gasteiger partial charge on any atom is -0.463 e. The Kier molecular flexibility index (Phi) is 7.62. The fourth-order valence-corrected chi connectivity index (χ4v) is 3.28. The number of hydrogen-bond acceptors (Lipinski definition) is 10. The monoisotopic (exact) mass is 430 g/mol. The molecule has 2 rings (SSSR count). The van der Waals surface area contributed by atoms with Gasteiger partial charge in [0.15, 0.2) is 29.7 Å². The minimum atomic E-state index is -1.23. The molecule has 0 aromatic rings. The van der Waals surface area contributed by atoms with Crippen LogP contribution in [0, 0.1) is 0 Å². The molecule has 2 heterocycles. The van der Waals surface area contributed by atoms with Gasteiger partial charge in [0.25, 0.3) is 0 Å². The molecule has 2 aliphatic rings. The van der Waals surface area contributed by atoms with Gasteiger partial charge in [-0.3, -0.25) is 19.2 Å². The van der Waals surface area contributed by atoms with Crippen molar-refractivity contribution in [1.29, 1.82) is 0 Å². The van der Waals surface area contributed by atoms with Gasteiger partial charge in [-0.05, 0) is 12.2 Å². The van der Waals surface area contributed by atoms with Crippen LogP contribution in [0.3, 0.4) is 0 Å². The van der Waals surface area contributed by atoms with Crippen molar-refractivity contribution in [1.82, 2.24) is 4.90 Å². The summed E-state index contributed by atoms with van der Waals surface area (Å²) in [4.78, 5) is 51.9. The quantitative estimate of drug-likeness (QED) is 0.314. The maximum absolute atomic E-state index is 11.7. The average molecular weight is 430 g/mol. The average Bonchev–Trinajstić information content (AvgIpc) is 3.01. The Morgan fingerprint density at radius 3 is 2.03 bits per heavy atom. The van der Waals surface area contributed by atoms with Crippen molar-refractivity contribution in [2.45, 2.75) is 58.3 Å². The van der Waals surface area contributed by atoms with Crippen molar-refractivity contribution in [3.63, 3.8) is 0 Å². The first kappa shape index (κ1) is 22.7. The maximum atomic E-state index is 11.7. The first-order chi connectivity index (χ1) is 13.6. The normalized spacial score (nSPS) is 28.6. The lowest BCUT2D eigenvalue weighted by atomic mass is 9.96. The van der Waals surface area contributed by atoms with Crippen LogP contribution < -0.4 is 0 Å². The summed E-state index contributed by atoms with van der Waals surface area (Å²) in [6.07, 6.45) is -4.13. The van der Waals surface area contributed by atoms with Gasteiger partial charge in [0.2, 0.25) is 0 Å². The molecule has 0 unspecified atom stereocenters. The number of aliphatic imine (C=N–C) groups is 1. The zero-order valence-corrected chi connectivity index (χ0v) is 17.2. The van der Waals surface area contributed by atoms with E-state index in [1.54, 1.807) is 0 Å². The molecular formula is C17H22N2O9S. The van der Waals surface area contributed by atoms with E-state index in [0.29, 0.717) is 0 Å². The summed E-state index contributed by atoms with van der Waals surface area (Å²) < 4.78 is 27.0. The second-order valence-electron chi connectivity index (χ2n) is 6.34. The van der Waals surface area contributed by atoms with Gasteiger partial charge >= 0.3 is 23.9 Å². The topological polar surface area (TPSA) is 130 Å². The molecule has 1 fully saturated rings. The summed E-state index contributed by atoms with van der Waals surface area (Å²) >= 11 is 5.19. The summed E-state index contributed by atoms with van der Waals surface area (Å²) in [5, 5.41) is 0.172. The Labute approximate surface area is 172 Å². The van der Waals surface area contributed by atoms with Crippen molar-refractivity contribution < 1.29 is 42.9 Å². The molecule has 29 heavy (non-hydrogen) atoms. The predicted octanol–water partition coefficient (Wildman–Crippen LogP) is -0.259. The smallest absolute Gasteiger partial charge is 0.303 e. The van der Waals surface area contributed by atoms with E-state index < -0.39 is 54.5 Å². The number of carbonyl (C=O) groups is 4. The van der Waals surface area contributed by atoms with Crippen molar-refractivity contribution in [2.75, 3.05) is 13.2 Å². The number of thiocarbonyl (C=S) groups is 1. The molecule has 160 valence electrons. The van der Waals surface area contributed by atoms with Gasteiger partial charge in [-0.1, -0.05) is 0 Å². The number of ether oxygens (including phenoxy) is 5. The highest BCUT2D eigenvalue weighted by molar-refractivity contribution is 7.80. The van der Waals surface area contributed by atoms with Crippen molar-refractivity contribution in [2.24, 2.45) is 4.99 Å². The fourth-order valence-electron chi connectivity index (χ4n) is 3.03. The van der Waals surface area contributed by atoms with Gasteiger partial charge in [0.1, 0.15) is 12.7 Å². The second-order valence-corrected chi connectivity index (χ2v) is 6.70. The van der Waals surface area contributed by atoms with Crippen molar-refractivity contribution >= 4 is 47.4 Å². The minimum absolute atomic E-state index is 0.172. The van der Waals surface area contributed by atoms with Gasteiger partial charge in [-0.25, -0.2) is 4.99 Å². The Hall–Kier alpha value is -2.60. The summed E-state index contributed by atoms with van der Waals surface area (Å²) in [5.74, 6) is -2.65. The van der Waals surface area contributed by atoms with E-state index >= 15 is 0 Å². The van der Waals surface area contributed by atoms with Crippen LogP contribution in [0.15, 0.2) is 4.99 Å². The highest BCUT2D eigenvalue weighted by Crippen LogP contribution is 2.31. The van der Waals surface area contributed by atoms with Gasteiger partial charge in [-0.15, -0.1) is 0 Å². The Morgan fingerprint density at radius 1 is 1.00 bits per heavy atom. The third-order valence-corrected chi connectivity index (χ3v) is 4.34. The lowest BCUT2D eigenvalue weighted by molar-refractivity contribution is -0.269. The third kappa shape index (κ3) is 5.94. The molecule has 2 aliphatic heterocycles. The van der Waals surface area contributed by atoms with E-state index in [0.717, 1.165) is 13.8 Å². The summed E-state index contributed by atoms with van der Waals surface area (Å²) in [6, 6.07) is 0. The van der Waals surface area contributed by atoms with Crippen molar-refractivity contribution in [3.8, 4) is 0 Å². The van der Waals surface area contributed by atoms with Gasteiger partial charge in [-0.2, -0.15) is 0 Å². The van der Waals surface area contributed by atoms with Crippen LogP contribution in [0.1, 0.15) is 27.7 Å². The molecule has 1 saturated heterocycles. The van der Waals surface area contributed by atoms with E-state index in [2.05, 4.69) is 4.99 Å². The molecule has 0 bridgehead atoms. The molecular weight excluding hydrogens is 408 g/mol. The molecule has 0 N–H and O–H groups in total. The molecule has 0 amide bonds. The standard InChI is InChI=1S/C17H22N2O9S/c1-8(20)24-7-12-13(25-9(2)21)14(26-10(3)22)15(27-11(4)23)16(28-12)19-6-5-18-17(19)29/h5,12-16H,6-7H2,1-4H3/t12-,13-,14+,15-,16-/m1/s1. The molecule has 12 heteroatoms. The molecule has 0 saturated carbocycles. The third-order valence-electron chi connectivity index (χ3n) is 4.00. The van der Waals surface area contributed by atoms with Gasteiger partial charge < -0.3 is 28.6 Å². The number of hydrogen-bond donors (Lipinski definition) is 0. The van der Waals surface area contributed by atoms with Crippen LogP contribution in [0.4, 0.5) is 0 Å². The highest BCUT2D eigenvalue weighted by atomic mass is 32.1. The lowest BCUT2D eigenvalue weighted by Crippen LogP contribution is -2.66. The second kappa shape index (κ2) is 9.74. The van der Waals surface area contributed by atoms with Gasteiger partial charge in [0, 0.05) is 33.9 Å². The Morgan fingerprint density at radius 2 is 1.55 bits per heavy atom. The number of carbonyl (C=O) groups excluding carboxylic acids is 4. The number of nitrogens with zero attached hydrogens (tertiary/aromatic N) is 2. The molecule has 0 aliphatic carbocycles. The van der Waals surface area contributed by atoms with E-state index in [4.69, 9.17) is 35.9 Å². The first-order valence-electron chi connectivity index (χ1n) is 8.73. The van der Waals surface area contributed by atoms with Crippen LogP contribution in [0.2, 0.25) is 0 Å². The van der Waals surface area contributed by atoms with Crippen LogP contribution in [0.5, 0.6) is 0 Å². The summed E-state index contributed by atoms with van der Waals surface area (Å²) in [6.45, 7) is 4.65. The lowest BCUT2D eigenvalue weighted by Gasteiger charge is -2.46. The SMILES string of the molecule is CC(=O)OC[C@H]1O[C@@H](N2CC=NC2=S)[C@H](OC(C)=O)[C@@H](OC(C)=O)[C@@H]1OC(C)=O. The highest BCUT2D eigenvalue weighted by Gasteiger charge is 2.54. The number of rotatable bonds is 6. The van der Waals surface area contributed by atoms with E-state index in [-0.39, 0.29) is 18.3 Å². The molecule has 0 radical (unpaired) electrons. The molecule has 5 atom stereocenters. The molecule has 11 nitrogen and oxygen atoms in total. The molecule has 0 spiro atoms. The summed E-state index contributed by atoms with van der Waals surface area (Å²) in [7, 11) is 0. The van der Waals surface area contributed by atoms with E-state index in [1.807, 2.05) is 0 Å². The first-order valence-corrected chi connectivity index (χ1v) is 9.14. The van der Waals surface area contributed by atoms with Crippen LogP contribution in [0.25, 0.3) is 0 Å². The zero-order valence-electron chi connectivity index (χ0n) is 16.4. The maximum Gasteiger partial charge on any atom is 0.303 e. The summed E-state index contributed by atoms with van der Waals surface area (Å²) in [5.41, 5.74) is 0. The molecule has 0 aromatic heterocycles. The Bertz CT molecular complexity index is 726. The van der Waals surface area contributed by atoms with E-state index in [1.165, 1.54) is 25.0 Å². The number of esters is 4. The van der Waals surface area contributed by atoms with Crippen molar-refractivity contribution in [3.05, 3.63) is 0 Å². The molecule has 0 aromatic carbocycles. The van der Waals surface area contributed by atoms with Crippen LogP contribution >= 0.6 is 12.2 Å². The Balaban J connectivity index is 2.45. The van der Waals surface area contributed by atoms with Gasteiger partial charge in [0.05, 0.1) is 6.54 Å². The van der Waals surface area contributed by atoms with Crippen LogP contribution in [-0.2, 0) is 42.9 Å². The van der Waals surface area contributed by atoms with E-state index in [9.17, 15) is 19.2 Å². The van der Waals surface area contributed by atoms with Crippen LogP contribution in [-0.4, -0.2) is 83.9 Å². The fraction of sp³-hybridized carbons (Fsp3) is 0.647. The largest absolute Gasteiger partial charge is 0.463 e.